The van der Waals surface area contributed by atoms with E-state index in [1.807, 2.05) is 103 Å². The monoisotopic (exact) mass is 536 g/mol. The summed E-state index contributed by atoms with van der Waals surface area (Å²) < 4.78 is 36.3. The lowest BCUT2D eigenvalue weighted by atomic mass is 9.87. The molecule has 0 N–H and O–H groups in total. The Hall–Kier alpha value is -3.73. The van der Waals surface area contributed by atoms with Crippen LogP contribution in [0.2, 0.25) is 0 Å². The molecule has 4 heteroatoms. The molecular weight excluding hydrogens is 499 g/mol. The van der Waals surface area contributed by atoms with E-state index in [4.69, 9.17) is 14.2 Å². The van der Waals surface area contributed by atoms with Crippen LogP contribution in [0.1, 0.15) is 48.1 Å². The molecule has 4 aromatic rings. The van der Waals surface area contributed by atoms with E-state index < -0.39 is 6.10 Å². The Morgan fingerprint density at radius 2 is 1.23 bits per heavy atom. The smallest absolute Gasteiger partial charge is 0.171 e. The molecule has 206 valence electrons. The topological polar surface area (TPSA) is 27.7 Å². The highest BCUT2D eigenvalue weighted by atomic mass is 19.1. The summed E-state index contributed by atoms with van der Waals surface area (Å²) in [6.07, 6.45) is 0.0742. The Morgan fingerprint density at radius 1 is 0.700 bits per heavy atom. The Morgan fingerprint density at radius 3 is 1.82 bits per heavy atom. The first-order valence-electron chi connectivity index (χ1n) is 14.1. The molecule has 1 aliphatic rings. The largest absolute Gasteiger partial charge is 0.488 e. The molecule has 1 saturated heterocycles. The van der Waals surface area contributed by atoms with Gasteiger partial charge in [-0.05, 0) is 35.1 Å². The average molecular weight is 537 g/mol. The molecular formula is C36H37FO3. The van der Waals surface area contributed by atoms with Crippen LogP contribution in [0.5, 0.6) is 0 Å². The maximum absolute atomic E-state index is 16.8. The Labute approximate surface area is 237 Å². The van der Waals surface area contributed by atoms with Crippen molar-refractivity contribution in [3.8, 4) is 0 Å². The van der Waals surface area contributed by atoms with E-state index >= 15 is 4.39 Å². The highest BCUT2D eigenvalue weighted by molar-refractivity contribution is 5.66. The quantitative estimate of drug-likeness (QED) is 0.203. The lowest BCUT2D eigenvalue weighted by molar-refractivity contribution is -0.167. The van der Waals surface area contributed by atoms with Crippen LogP contribution in [0, 0.1) is 5.92 Å². The molecule has 0 saturated carbocycles. The maximum Gasteiger partial charge on any atom is 0.171 e. The minimum absolute atomic E-state index is 0.00518. The van der Waals surface area contributed by atoms with Gasteiger partial charge in [0.25, 0.3) is 0 Å². The molecule has 3 nitrogen and oxygen atoms in total. The molecule has 40 heavy (non-hydrogen) atoms. The van der Waals surface area contributed by atoms with Gasteiger partial charge in [-0.2, -0.15) is 0 Å². The van der Waals surface area contributed by atoms with Crippen molar-refractivity contribution in [2.24, 2.45) is 5.92 Å². The van der Waals surface area contributed by atoms with Crippen LogP contribution in [0.25, 0.3) is 5.83 Å². The molecule has 0 amide bonds. The Balaban J connectivity index is 1.52. The van der Waals surface area contributed by atoms with Gasteiger partial charge in [0.1, 0.15) is 12.2 Å². The number of benzene rings is 4. The first kappa shape index (κ1) is 27.8. The van der Waals surface area contributed by atoms with Gasteiger partial charge in [0.2, 0.25) is 0 Å². The molecule has 1 fully saturated rings. The molecule has 0 radical (unpaired) electrons. The lowest BCUT2D eigenvalue weighted by Gasteiger charge is -2.42. The van der Waals surface area contributed by atoms with Crippen LogP contribution < -0.4 is 0 Å². The third kappa shape index (κ3) is 6.70. The number of hydrogen-bond donors (Lipinski definition) is 0. The van der Waals surface area contributed by atoms with Crippen molar-refractivity contribution in [2.45, 2.75) is 58.2 Å². The summed E-state index contributed by atoms with van der Waals surface area (Å²) >= 11 is 0. The molecule has 0 spiro atoms. The minimum Gasteiger partial charge on any atom is -0.488 e. The first-order valence-corrected chi connectivity index (χ1v) is 14.1. The van der Waals surface area contributed by atoms with Gasteiger partial charge in [0.05, 0.1) is 19.3 Å². The normalized spacial score (nSPS) is 22.0. The van der Waals surface area contributed by atoms with Gasteiger partial charge >= 0.3 is 0 Å². The zero-order valence-corrected chi connectivity index (χ0v) is 23.2. The fraction of sp³-hybridized carbons (Fsp3) is 0.278. The minimum atomic E-state index is -0.702. The summed E-state index contributed by atoms with van der Waals surface area (Å²) in [5, 5.41) is 0. The molecule has 0 aromatic heterocycles. The van der Waals surface area contributed by atoms with Crippen molar-refractivity contribution in [3.63, 3.8) is 0 Å². The second kappa shape index (κ2) is 13.6. The van der Waals surface area contributed by atoms with Crippen molar-refractivity contribution >= 4 is 5.83 Å². The summed E-state index contributed by atoms with van der Waals surface area (Å²) in [6.45, 7) is 4.92. The lowest BCUT2D eigenvalue weighted by Crippen LogP contribution is -2.49. The van der Waals surface area contributed by atoms with E-state index in [1.165, 1.54) is 0 Å². The van der Waals surface area contributed by atoms with E-state index in [0.29, 0.717) is 25.2 Å². The number of hydrogen-bond acceptors (Lipinski definition) is 3. The van der Waals surface area contributed by atoms with Crippen molar-refractivity contribution in [2.75, 3.05) is 0 Å². The molecule has 1 aliphatic heterocycles. The molecule has 1 heterocycles. The second-order valence-electron chi connectivity index (χ2n) is 10.4. The van der Waals surface area contributed by atoms with Gasteiger partial charge < -0.3 is 14.2 Å². The van der Waals surface area contributed by atoms with Gasteiger partial charge in [-0.15, -0.1) is 0 Å². The predicted octanol–water partition coefficient (Wildman–Crippen LogP) is 8.53. The van der Waals surface area contributed by atoms with Gasteiger partial charge in [-0.1, -0.05) is 129 Å². The van der Waals surface area contributed by atoms with Gasteiger partial charge in [-0.25, -0.2) is 4.39 Å². The molecule has 0 aliphatic carbocycles. The zero-order chi connectivity index (χ0) is 27.7. The van der Waals surface area contributed by atoms with Crippen LogP contribution in [0.15, 0.2) is 121 Å². The van der Waals surface area contributed by atoms with E-state index in [-0.39, 0.29) is 29.7 Å². The highest BCUT2D eigenvalue weighted by Gasteiger charge is 2.44. The summed E-state index contributed by atoms with van der Waals surface area (Å²) in [5.74, 6) is -0.159. The van der Waals surface area contributed by atoms with Crippen LogP contribution in [0.4, 0.5) is 4.39 Å². The van der Waals surface area contributed by atoms with Crippen LogP contribution in [-0.2, 0) is 33.8 Å². The van der Waals surface area contributed by atoms with Gasteiger partial charge in [0.15, 0.2) is 11.6 Å². The molecule has 5 rings (SSSR count). The van der Waals surface area contributed by atoms with Crippen molar-refractivity contribution in [1.29, 1.82) is 0 Å². The predicted molar refractivity (Wildman–Crippen MR) is 158 cm³/mol. The van der Waals surface area contributed by atoms with Crippen molar-refractivity contribution in [1.82, 2.24) is 0 Å². The number of ether oxygens (including phenoxy) is 3. The van der Waals surface area contributed by atoms with Crippen molar-refractivity contribution in [3.05, 3.63) is 149 Å². The summed E-state index contributed by atoms with van der Waals surface area (Å²) in [5.41, 5.74) is 4.63. The highest BCUT2D eigenvalue weighted by Crippen LogP contribution is 2.39. The first-order chi connectivity index (χ1) is 19.6. The second-order valence-corrected chi connectivity index (χ2v) is 10.4. The number of rotatable bonds is 10. The fourth-order valence-electron chi connectivity index (χ4n) is 5.38. The zero-order valence-electron chi connectivity index (χ0n) is 23.2. The average Bonchev–Trinajstić information content (AvgIpc) is 3.01. The van der Waals surface area contributed by atoms with Crippen LogP contribution in [-0.4, -0.2) is 18.3 Å². The van der Waals surface area contributed by atoms with E-state index in [9.17, 15) is 0 Å². The van der Waals surface area contributed by atoms with Gasteiger partial charge in [-0.3, -0.25) is 0 Å². The number of halogens is 1. The SMILES string of the molecule is CC[C@H]1OC(=C(F)c2ccccc2Cc2ccccc2)C(OCc2ccccc2)C(OCc2ccccc2)[C@@H]1C. The Kier molecular flexibility index (Phi) is 9.43. The summed E-state index contributed by atoms with van der Waals surface area (Å²) in [7, 11) is 0. The van der Waals surface area contributed by atoms with E-state index in [1.54, 1.807) is 0 Å². The summed E-state index contributed by atoms with van der Waals surface area (Å²) in [4.78, 5) is 0. The molecule has 4 aromatic carbocycles. The van der Waals surface area contributed by atoms with Crippen molar-refractivity contribution < 1.29 is 18.6 Å². The third-order valence-corrected chi connectivity index (χ3v) is 7.61. The van der Waals surface area contributed by atoms with Gasteiger partial charge in [0, 0.05) is 11.5 Å². The Bertz CT molecular complexity index is 1370. The summed E-state index contributed by atoms with van der Waals surface area (Å²) in [6, 6.07) is 37.8. The third-order valence-electron chi connectivity index (χ3n) is 7.61. The van der Waals surface area contributed by atoms with E-state index in [2.05, 4.69) is 26.0 Å². The molecule has 0 bridgehead atoms. The standard InChI is InChI=1S/C36H37FO3/c1-3-32-26(2)34(38-24-28-17-9-5-10-18-28)36(39-25-29-19-11-6-12-20-29)35(40-32)33(37)31-22-14-13-21-30(31)23-27-15-7-4-8-16-27/h4-22,26,32,34,36H,3,23-25H2,1-2H3/t26-,32-,34?,36?/m1/s1. The molecule has 2 unspecified atom stereocenters. The van der Waals surface area contributed by atoms with E-state index in [0.717, 1.165) is 28.7 Å². The van der Waals surface area contributed by atoms with Crippen LogP contribution >= 0.6 is 0 Å². The maximum atomic E-state index is 16.8. The van der Waals surface area contributed by atoms with Crippen LogP contribution in [0.3, 0.4) is 0 Å². The molecule has 4 atom stereocenters. The fourth-order valence-corrected chi connectivity index (χ4v) is 5.38.